The van der Waals surface area contributed by atoms with Crippen molar-refractivity contribution in [2.24, 2.45) is 0 Å². The van der Waals surface area contributed by atoms with Crippen molar-refractivity contribution in [2.45, 2.75) is 77.0 Å². The second-order valence-corrected chi connectivity index (χ2v) is 8.81. The summed E-state index contributed by atoms with van der Waals surface area (Å²) in [6.45, 7) is 7.81. The van der Waals surface area contributed by atoms with Crippen LogP contribution in [0.15, 0.2) is 0 Å². The Kier molecular flexibility index (Phi) is 25.6. The van der Waals surface area contributed by atoms with E-state index in [1.807, 2.05) is 19.6 Å². The Labute approximate surface area is 224 Å². The number of amides is 4. The summed E-state index contributed by atoms with van der Waals surface area (Å²) in [6, 6.07) is 0. The van der Waals surface area contributed by atoms with Crippen LogP contribution in [0.1, 0.15) is 77.0 Å². The smallest absolute Gasteiger partial charge is 1.00 e. The van der Waals surface area contributed by atoms with E-state index in [1.165, 1.54) is 77.0 Å². The van der Waals surface area contributed by atoms with Gasteiger partial charge in [0.2, 0.25) is 25.6 Å². The molecule has 4 aliphatic rings. The molecule has 0 aliphatic carbocycles. The number of hydrogen-bond donors (Lipinski definition) is 0. The third kappa shape index (κ3) is 18.1. The summed E-state index contributed by atoms with van der Waals surface area (Å²) in [7, 11) is 0. The molecule has 10 heteroatoms. The van der Waals surface area contributed by atoms with Crippen LogP contribution in [0, 0.1) is 0 Å². The molecule has 8 nitrogen and oxygen atoms in total. The molecular weight excluding hydrogens is 451 g/mol. The zero-order valence-electron chi connectivity index (χ0n) is 21.3. The number of nitrogens with zero attached hydrogens (tertiary/aromatic N) is 4. The van der Waals surface area contributed by atoms with Gasteiger partial charge in [-0.15, -0.1) is 0 Å². The monoisotopic (exact) mass is 494 g/mol. The van der Waals surface area contributed by atoms with E-state index in [0.29, 0.717) is 0 Å². The first kappa shape index (κ1) is 34.9. The second kappa shape index (κ2) is 24.9. The zero-order valence-corrected chi connectivity index (χ0v) is 22.0. The van der Waals surface area contributed by atoms with Crippen LogP contribution in [-0.2, 0) is 19.2 Å². The molecule has 0 saturated carbocycles. The summed E-state index contributed by atoms with van der Waals surface area (Å²) >= 11 is 0. The minimum Gasteiger partial charge on any atom is -1.00 e. The maximum absolute atomic E-state index is 10.1. The SMILES string of the molecule is O=CN1CCCCC1.O=CN1CCCCC1.O=CN1CCCCC1.O=CN1CCCCC1.[Cl-].[Li+]. The van der Waals surface area contributed by atoms with Crippen LogP contribution in [0.2, 0.25) is 0 Å². The third-order valence-corrected chi connectivity index (χ3v) is 6.16. The molecule has 4 aliphatic heterocycles. The zero-order chi connectivity index (χ0) is 23.3. The van der Waals surface area contributed by atoms with Gasteiger partial charge in [-0.2, -0.15) is 0 Å². The van der Waals surface area contributed by atoms with Crippen molar-refractivity contribution in [1.82, 2.24) is 19.6 Å². The molecule has 34 heavy (non-hydrogen) atoms. The van der Waals surface area contributed by atoms with Gasteiger partial charge in [-0.3, -0.25) is 19.2 Å². The summed E-state index contributed by atoms with van der Waals surface area (Å²) in [5.74, 6) is 0. The Balaban J connectivity index is 0. The minimum atomic E-state index is 0. The molecular formula is C24H44ClLiN4O4. The Morgan fingerprint density at radius 1 is 0.324 bits per heavy atom. The molecule has 4 amide bonds. The molecule has 0 aromatic carbocycles. The molecule has 0 atom stereocenters. The van der Waals surface area contributed by atoms with E-state index in [4.69, 9.17) is 0 Å². The van der Waals surface area contributed by atoms with E-state index < -0.39 is 0 Å². The first-order valence-electron chi connectivity index (χ1n) is 12.5. The summed E-state index contributed by atoms with van der Waals surface area (Å²) in [6.07, 6.45) is 18.5. The first-order valence-corrected chi connectivity index (χ1v) is 12.5. The average molecular weight is 495 g/mol. The van der Waals surface area contributed by atoms with Crippen molar-refractivity contribution in [3.05, 3.63) is 0 Å². The number of piperidine rings is 4. The summed E-state index contributed by atoms with van der Waals surface area (Å²) in [5.41, 5.74) is 0. The van der Waals surface area contributed by atoms with Crippen molar-refractivity contribution >= 4 is 25.6 Å². The van der Waals surface area contributed by atoms with E-state index in [9.17, 15) is 19.2 Å². The van der Waals surface area contributed by atoms with Gasteiger partial charge in [0.05, 0.1) is 0 Å². The number of carbonyl (C=O) groups excluding carboxylic acids is 4. The normalized spacial score (nSPS) is 19.5. The summed E-state index contributed by atoms with van der Waals surface area (Å²) in [4.78, 5) is 47.7. The van der Waals surface area contributed by atoms with Crippen LogP contribution in [0.5, 0.6) is 0 Å². The van der Waals surface area contributed by atoms with Crippen molar-refractivity contribution < 1.29 is 50.4 Å². The molecule has 0 aromatic heterocycles. The summed E-state index contributed by atoms with van der Waals surface area (Å²) in [5, 5.41) is 0. The van der Waals surface area contributed by atoms with Crippen molar-refractivity contribution in [3.8, 4) is 0 Å². The van der Waals surface area contributed by atoms with Gasteiger partial charge in [0.25, 0.3) is 0 Å². The Morgan fingerprint density at radius 2 is 0.471 bits per heavy atom. The molecule has 0 radical (unpaired) electrons. The maximum atomic E-state index is 10.1. The van der Waals surface area contributed by atoms with Gasteiger partial charge in [0.1, 0.15) is 0 Å². The minimum absolute atomic E-state index is 0. The number of halogens is 1. The van der Waals surface area contributed by atoms with E-state index in [-0.39, 0.29) is 31.3 Å². The largest absolute Gasteiger partial charge is 1.00 e. The molecule has 4 fully saturated rings. The van der Waals surface area contributed by atoms with Gasteiger partial charge in [-0.1, -0.05) is 0 Å². The predicted octanol–water partition coefficient (Wildman–Crippen LogP) is -3.48. The van der Waals surface area contributed by atoms with Crippen molar-refractivity contribution in [2.75, 3.05) is 52.4 Å². The van der Waals surface area contributed by atoms with E-state index >= 15 is 0 Å². The number of rotatable bonds is 4. The molecule has 192 valence electrons. The second-order valence-electron chi connectivity index (χ2n) is 8.81. The fourth-order valence-electron chi connectivity index (χ4n) is 4.10. The molecule has 0 aromatic rings. The van der Waals surface area contributed by atoms with Crippen molar-refractivity contribution in [1.29, 1.82) is 0 Å². The van der Waals surface area contributed by atoms with Gasteiger partial charge >= 0.3 is 18.9 Å². The van der Waals surface area contributed by atoms with Crippen molar-refractivity contribution in [3.63, 3.8) is 0 Å². The molecule has 0 spiro atoms. The molecule has 4 rings (SSSR count). The van der Waals surface area contributed by atoms with E-state index in [1.54, 1.807) is 0 Å². The van der Waals surface area contributed by atoms with Gasteiger partial charge in [-0.25, -0.2) is 0 Å². The van der Waals surface area contributed by atoms with E-state index in [2.05, 4.69) is 0 Å². The van der Waals surface area contributed by atoms with Gasteiger partial charge in [0.15, 0.2) is 0 Å². The first-order chi connectivity index (χ1) is 15.7. The fraction of sp³-hybridized carbons (Fsp3) is 0.833. The van der Waals surface area contributed by atoms with Crippen LogP contribution in [0.4, 0.5) is 0 Å². The van der Waals surface area contributed by atoms with Gasteiger partial charge in [0, 0.05) is 52.4 Å². The Bertz CT molecular complexity index is 407. The predicted molar refractivity (Wildman–Crippen MR) is 126 cm³/mol. The van der Waals surface area contributed by atoms with Crippen LogP contribution < -0.4 is 31.3 Å². The average Bonchev–Trinajstić information content (AvgIpc) is 2.91. The number of likely N-dealkylation sites (tertiary alicyclic amines) is 4. The van der Waals surface area contributed by atoms with Crippen LogP contribution >= 0.6 is 0 Å². The molecule has 0 bridgehead atoms. The Morgan fingerprint density at radius 3 is 0.559 bits per heavy atom. The van der Waals surface area contributed by atoms with E-state index in [0.717, 1.165) is 78.0 Å². The molecule has 0 N–H and O–H groups in total. The van der Waals surface area contributed by atoms with Crippen LogP contribution in [-0.4, -0.2) is 97.6 Å². The quantitative estimate of drug-likeness (QED) is 0.300. The van der Waals surface area contributed by atoms with Crippen LogP contribution in [0.25, 0.3) is 0 Å². The molecule has 0 unspecified atom stereocenters. The summed E-state index contributed by atoms with van der Waals surface area (Å²) < 4.78 is 0. The van der Waals surface area contributed by atoms with Gasteiger partial charge in [-0.05, 0) is 77.0 Å². The van der Waals surface area contributed by atoms with Crippen LogP contribution in [0.3, 0.4) is 0 Å². The molecule has 4 heterocycles. The number of carbonyl (C=O) groups is 4. The standard InChI is InChI=1S/4C6H11NO.ClH.Li/c4*8-6-7-4-2-1-3-5-7;;/h4*6H,1-5H2;1H;/q;;;;;+1/p-1. The maximum Gasteiger partial charge on any atom is 1.00 e. The van der Waals surface area contributed by atoms with Gasteiger partial charge < -0.3 is 32.0 Å². The fourth-order valence-corrected chi connectivity index (χ4v) is 4.10. The topological polar surface area (TPSA) is 81.2 Å². The number of hydrogen-bond acceptors (Lipinski definition) is 4. The Hall–Kier alpha value is -1.23. The molecule has 4 saturated heterocycles. The third-order valence-electron chi connectivity index (χ3n) is 6.16.